The smallest absolute Gasteiger partial charge is 0.255 e. The number of carbonyl (C=O) groups is 1. The Kier molecular flexibility index (Phi) is 4.94. The van der Waals surface area contributed by atoms with E-state index in [2.05, 4.69) is 15.5 Å². The van der Waals surface area contributed by atoms with Gasteiger partial charge in [0.1, 0.15) is 11.6 Å². The minimum atomic E-state index is -0.371. The molecular formula is C22H23FN4O. The van der Waals surface area contributed by atoms with Crippen molar-refractivity contribution >= 4 is 11.6 Å². The summed E-state index contributed by atoms with van der Waals surface area (Å²) in [6, 6.07) is 10.3. The van der Waals surface area contributed by atoms with Crippen LogP contribution in [0.3, 0.4) is 0 Å². The SMILES string of the molecule is Cc1cc(C)cc(C(=O)Nc2ccc(F)c(-c3nnc4n3CCCCC4)c2)c1. The highest BCUT2D eigenvalue weighted by Crippen LogP contribution is 2.27. The molecule has 1 amide bonds. The fraction of sp³-hybridized carbons (Fsp3) is 0.318. The molecule has 144 valence electrons. The lowest BCUT2D eigenvalue weighted by atomic mass is 10.1. The van der Waals surface area contributed by atoms with Gasteiger partial charge in [-0.15, -0.1) is 10.2 Å². The summed E-state index contributed by atoms with van der Waals surface area (Å²) in [4.78, 5) is 12.6. The van der Waals surface area contributed by atoms with E-state index >= 15 is 0 Å². The zero-order valence-electron chi connectivity index (χ0n) is 16.1. The molecule has 2 aromatic carbocycles. The van der Waals surface area contributed by atoms with Gasteiger partial charge in [-0.25, -0.2) is 4.39 Å². The predicted molar refractivity (Wildman–Crippen MR) is 107 cm³/mol. The lowest BCUT2D eigenvalue weighted by molar-refractivity contribution is 0.102. The van der Waals surface area contributed by atoms with Crippen LogP contribution in [0.1, 0.15) is 46.6 Å². The molecule has 0 unspecified atom stereocenters. The van der Waals surface area contributed by atoms with Crippen LogP contribution in [0.4, 0.5) is 10.1 Å². The second kappa shape index (κ2) is 7.54. The van der Waals surface area contributed by atoms with Crippen molar-refractivity contribution < 1.29 is 9.18 Å². The summed E-state index contributed by atoms with van der Waals surface area (Å²) in [5, 5.41) is 11.4. The Balaban J connectivity index is 1.65. The molecule has 4 rings (SSSR count). The number of aryl methyl sites for hydroxylation is 3. The van der Waals surface area contributed by atoms with Crippen LogP contribution in [0.25, 0.3) is 11.4 Å². The number of nitrogens with zero attached hydrogens (tertiary/aromatic N) is 3. The minimum Gasteiger partial charge on any atom is -0.322 e. The van der Waals surface area contributed by atoms with Crippen molar-refractivity contribution in [2.24, 2.45) is 0 Å². The number of aromatic nitrogens is 3. The summed E-state index contributed by atoms with van der Waals surface area (Å²) in [6.45, 7) is 4.70. The van der Waals surface area contributed by atoms with Crippen molar-refractivity contribution in [1.29, 1.82) is 0 Å². The first-order valence-electron chi connectivity index (χ1n) is 9.63. The van der Waals surface area contributed by atoms with Crippen molar-refractivity contribution in [2.75, 3.05) is 5.32 Å². The van der Waals surface area contributed by atoms with Crippen LogP contribution in [0.5, 0.6) is 0 Å². The zero-order valence-corrected chi connectivity index (χ0v) is 16.1. The molecule has 0 bridgehead atoms. The molecular weight excluding hydrogens is 355 g/mol. The summed E-state index contributed by atoms with van der Waals surface area (Å²) < 4.78 is 16.6. The van der Waals surface area contributed by atoms with Crippen LogP contribution < -0.4 is 5.32 Å². The number of hydrogen-bond acceptors (Lipinski definition) is 3. The summed E-state index contributed by atoms with van der Waals surface area (Å²) >= 11 is 0. The number of hydrogen-bond donors (Lipinski definition) is 1. The van der Waals surface area contributed by atoms with Gasteiger partial charge in [0.2, 0.25) is 0 Å². The number of amides is 1. The number of anilines is 1. The third kappa shape index (κ3) is 3.67. The van der Waals surface area contributed by atoms with Gasteiger partial charge in [-0.3, -0.25) is 4.79 Å². The van der Waals surface area contributed by atoms with Crippen molar-refractivity contribution in [3.63, 3.8) is 0 Å². The molecule has 6 heteroatoms. The van der Waals surface area contributed by atoms with Gasteiger partial charge in [-0.05, 0) is 57.0 Å². The second-order valence-electron chi connectivity index (χ2n) is 7.43. The summed E-state index contributed by atoms with van der Waals surface area (Å²) in [5.41, 5.74) is 3.53. The summed E-state index contributed by atoms with van der Waals surface area (Å²) in [7, 11) is 0. The molecule has 2 heterocycles. The van der Waals surface area contributed by atoms with Gasteiger partial charge < -0.3 is 9.88 Å². The largest absolute Gasteiger partial charge is 0.322 e. The average Bonchev–Trinajstić information content (AvgIpc) is 2.90. The number of carbonyl (C=O) groups excluding carboxylic acids is 1. The van der Waals surface area contributed by atoms with Gasteiger partial charge in [-0.2, -0.15) is 0 Å². The maximum atomic E-state index is 14.6. The Bertz CT molecular complexity index is 1020. The molecule has 0 saturated heterocycles. The third-order valence-corrected chi connectivity index (χ3v) is 5.06. The number of halogens is 1. The van der Waals surface area contributed by atoms with Gasteiger partial charge in [0.05, 0.1) is 5.56 Å². The van der Waals surface area contributed by atoms with E-state index in [9.17, 15) is 9.18 Å². The van der Waals surface area contributed by atoms with Crippen LogP contribution >= 0.6 is 0 Å². The molecule has 3 aromatic rings. The summed E-state index contributed by atoms with van der Waals surface area (Å²) in [5.74, 6) is 0.835. The van der Waals surface area contributed by atoms with Gasteiger partial charge in [-0.1, -0.05) is 23.6 Å². The minimum absolute atomic E-state index is 0.218. The topological polar surface area (TPSA) is 59.8 Å². The van der Waals surface area contributed by atoms with E-state index in [1.54, 1.807) is 12.1 Å². The van der Waals surface area contributed by atoms with E-state index in [4.69, 9.17) is 0 Å². The van der Waals surface area contributed by atoms with Crippen molar-refractivity contribution in [3.05, 3.63) is 64.7 Å². The standard InChI is InChI=1S/C22H23FN4O/c1-14-10-15(2)12-16(11-14)22(28)24-17-7-8-19(23)18(13-17)21-26-25-20-6-4-3-5-9-27(20)21/h7-8,10-13H,3-6,9H2,1-2H3,(H,24,28). The second-order valence-corrected chi connectivity index (χ2v) is 7.43. The molecule has 1 N–H and O–H groups in total. The Hall–Kier alpha value is -3.02. The molecule has 1 aliphatic rings. The average molecular weight is 378 g/mol. The van der Waals surface area contributed by atoms with Crippen LogP contribution in [0, 0.1) is 19.7 Å². The maximum absolute atomic E-state index is 14.6. The number of fused-ring (bicyclic) bond motifs is 1. The Morgan fingerprint density at radius 2 is 1.82 bits per heavy atom. The molecule has 0 radical (unpaired) electrons. The molecule has 0 fully saturated rings. The van der Waals surface area contributed by atoms with Crippen molar-refractivity contribution in [3.8, 4) is 11.4 Å². The third-order valence-electron chi connectivity index (χ3n) is 5.06. The fourth-order valence-corrected chi connectivity index (χ4v) is 3.77. The van der Waals surface area contributed by atoms with Crippen LogP contribution in [-0.2, 0) is 13.0 Å². The van der Waals surface area contributed by atoms with E-state index in [1.165, 1.54) is 6.07 Å². The highest BCUT2D eigenvalue weighted by molar-refractivity contribution is 6.04. The van der Waals surface area contributed by atoms with Crippen LogP contribution in [-0.4, -0.2) is 20.7 Å². The van der Waals surface area contributed by atoms with E-state index < -0.39 is 0 Å². The van der Waals surface area contributed by atoms with E-state index in [-0.39, 0.29) is 11.7 Å². The Labute approximate surface area is 163 Å². The molecule has 0 saturated carbocycles. The molecule has 28 heavy (non-hydrogen) atoms. The van der Waals surface area contributed by atoms with Crippen molar-refractivity contribution in [2.45, 2.75) is 46.1 Å². The fourth-order valence-electron chi connectivity index (χ4n) is 3.77. The van der Waals surface area contributed by atoms with Gasteiger partial charge in [0.15, 0.2) is 5.82 Å². The molecule has 1 aliphatic heterocycles. The normalized spacial score (nSPS) is 13.7. The molecule has 1 aromatic heterocycles. The predicted octanol–water partition coefficient (Wildman–Crippen LogP) is 4.68. The van der Waals surface area contributed by atoms with Crippen molar-refractivity contribution in [1.82, 2.24) is 14.8 Å². The first kappa shape index (κ1) is 18.3. The van der Waals surface area contributed by atoms with E-state index in [0.29, 0.717) is 22.6 Å². The van der Waals surface area contributed by atoms with Gasteiger partial charge in [0, 0.05) is 24.2 Å². The Morgan fingerprint density at radius 3 is 2.61 bits per heavy atom. The quantitative estimate of drug-likeness (QED) is 0.720. The number of benzene rings is 2. The molecule has 0 atom stereocenters. The van der Waals surface area contributed by atoms with E-state index in [0.717, 1.165) is 49.2 Å². The van der Waals surface area contributed by atoms with Crippen LogP contribution in [0.15, 0.2) is 36.4 Å². The number of rotatable bonds is 3. The van der Waals surface area contributed by atoms with Gasteiger partial charge in [0.25, 0.3) is 5.91 Å². The van der Waals surface area contributed by atoms with Crippen LogP contribution in [0.2, 0.25) is 0 Å². The van der Waals surface area contributed by atoms with E-state index in [1.807, 2.05) is 36.6 Å². The molecule has 0 spiro atoms. The first-order valence-corrected chi connectivity index (χ1v) is 9.63. The Morgan fingerprint density at radius 1 is 1.04 bits per heavy atom. The molecule has 5 nitrogen and oxygen atoms in total. The monoisotopic (exact) mass is 378 g/mol. The summed E-state index contributed by atoms with van der Waals surface area (Å²) in [6.07, 6.45) is 4.10. The van der Waals surface area contributed by atoms with Gasteiger partial charge >= 0.3 is 0 Å². The molecule has 0 aliphatic carbocycles. The lowest BCUT2D eigenvalue weighted by Crippen LogP contribution is -2.13. The number of nitrogens with one attached hydrogen (secondary N) is 1. The maximum Gasteiger partial charge on any atom is 0.255 e. The zero-order chi connectivity index (χ0) is 19.7. The highest BCUT2D eigenvalue weighted by Gasteiger charge is 2.19. The highest BCUT2D eigenvalue weighted by atomic mass is 19.1. The first-order chi connectivity index (χ1) is 13.5. The lowest BCUT2D eigenvalue weighted by Gasteiger charge is -2.11.